The fourth-order valence-corrected chi connectivity index (χ4v) is 6.91. The van der Waals surface area contributed by atoms with Crippen molar-refractivity contribution in [2.24, 2.45) is 17.6 Å². The summed E-state index contributed by atoms with van der Waals surface area (Å²) < 4.78 is 24.9. The van der Waals surface area contributed by atoms with Gasteiger partial charge < -0.3 is 26.2 Å². The van der Waals surface area contributed by atoms with Gasteiger partial charge in [-0.15, -0.1) is 0 Å². The molecule has 1 fully saturated rings. The number of phenols is 1. The number of carbonyl (C=O) groups is 3. The van der Waals surface area contributed by atoms with Gasteiger partial charge >= 0.3 is 0 Å². The van der Waals surface area contributed by atoms with Gasteiger partial charge in [-0.2, -0.15) is 0 Å². The lowest BCUT2D eigenvalue weighted by Gasteiger charge is -2.50. The number of benzene rings is 2. The SMILES string of the molecule is CN(C)[C@@H]1C(=O)C(C(N)=O)=C(O)[C@@]2(O)C(=O)C3=C(O)c4c(cc5ccc(CN(C)S(C)(=O)=O)cc5c4O)C[C@H]3C[C@@H]12. The number of ketones is 2. The monoisotopic (exact) mass is 585 g/mol. The van der Waals surface area contributed by atoms with E-state index >= 15 is 0 Å². The quantitative estimate of drug-likeness (QED) is 0.308. The number of aromatic hydroxyl groups is 1. The number of primary amides is 1. The van der Waals surface area contributed by atoms with E-state index in [0.29, 0.717) is 21.9 Å². The molecule has 6 N–H and O–H groups in total. The molecule has 0 aliphatic heterocycles. The molecule has 0 heterocycles. The minimum Gasteiger partial charge on any atom is -0.508 e. The predicted octanol–water partition coefficient (Wildman–Crippen LogP) is 0.509. The summed E-state index contributed by atoms with van der Waals surface area (Å²) in [6.07, 6.45) is 1.25. The highest BCUT2D eigenvalue weighted by Crippen LogP contribution is 2.53. The van der Waals surface area contributed by atoms with Gasteiger partial charge in [0, 0.05) is 30.5 Å². The third-order valence-electron chi connectivity index (χ3n) is 8.56. The number of hydrogen-bond donors (Lipinski definition) is 5. The summed E-state index contributed by atoms with van der Waals surface area (Å²) in [6.45, 7) is 0.0346. The van der Waals surface area contributed by atoms with Gasteiger partial charge in [0.15, 0.2) is 11.4 Å². The zero-order valence-electron chi connectivity index (χ0n) is 22.9. The molecule has 1 saturated carbocycles. The van der Waals surface area contributed by atoms with E-state index in [9.17, 15) is 43.2 Å². The molecule has 0 aromatic heterocycles. The number of fused-ring (bicyclic) bond motifs is 4. The van der Waals surface area contributed by atoms with Crippen molar-refractivity contribution in [1.29, 1.82) is 0 Å². The van der Waals surface area contributed by atoms with E-state index < -0.39 is 68.1 Å². The van der Waals surface area contributed by atoms with Gasteiger partial charge in [0.2, 0.25) is 15.8 Å². The first-order valence-corrected chi connectivity index (χ1v) is 14.7. The van der Waals surface area contributed by atoms with Crippen molar-refractivity contribution in [3.05, 3.63) is 57.9 Å². The molecular weight excluding hydrogens is 554 g/mol. The maximum atomic E-state index is 13.9. The van der Waals surface area contributed by atoms with Crippen LogP contribution in [0.2, 0.25) is 0 Å². The van der Waals surface area contributed by atoms with Crippen LogP contribution in [-0.2, 0) is 37.4 Å². The van der Waals surface area contributed by atoms with Gasteiger partial charge in [0.25, 0.3) is 5.91 Å². The molecular formula is C28H31N3O9S. The Morgan fingerprint density at radius 1 is 1.12 bits per heavy atom. The van der Waals surface area contributed by atoms with Crippen LogP contribution in [-0.4, -0.2) is 94.6 Å². The highest BCUT2D eigenvalue weighted by Gasteiger charge is 2.64. The van der Waals surface area contributed by atoms with E-state index in [1.807, 2.05) is 0 Å². The molecule has 0 saturated heterocycles. The number of likely N-dealkylation sites (N-methyl/N-ethyl adjacent to an activating group) is 1. The third-order valence-corrected chi connectivity index (χ3v) is 9.82. The molecule has 41 heavy (non-hydrogen) atoms. The highest BCUT2D eigenvalue weighted by molar-refractivity contribution is 7.88. The van der Waals surface area contributed by atoms with Crippen molar-refractivity contribution in [2.75, 3.05) is 27.4 Å². The minimum absolute atomic E-state index is 0.00131. The molecule has 0 unspecified atom stereocenters. The molecule has 4 atom stereocenters. The van der Waals surface area contributed by atoms with Crippen LogP contribution in [0.5, 0.6) is 5.75 Å². The van der Waals surface area contributed by atoms with Gasteiger partial charge in [-0.05, 0) is 55.4 Å². The Balaban J connectivity index is 1.68. The van der Waals surface area contributed by atoms with Gasteiger partial charge in [0.1, 0.15) is 22.8 Å². The van der Waals surface area contributed by atoms with Crippen LogP contribution in [0.3, 0.4) is 0 Å². The van der Waals surface area contributed by atoms with Crippen LogP contribution in [0.4, 0.5) is 0 Å². The summed E-state index contributed by atoms with van der Waals surface area (Å²) in [5, 5.41) is 46.3. The van der Waals surface area contributed by atoms with Crippen molar-refractivity contribution in [3.63, 3.8) is 0 Å². The normalized spacial score (nSPS) is 26.5. The molecule has 0 bridgehead atoms. The topological polar surface area (TPSA) is 199 Å². The summed E-state index contributed by atoms with van der Waals surface area (Å²) in [4.78, 5) is 40.7. The smallest absolute Gasteiger partial charge is 0.255 e. The van der Waals surface area contributed by atoms with Crippen LogP contribution >= 0.6 is 0 Å². The standard InChI is InChI=1S/C28H31N3O9S/c1-30(2)21-17-10-15-9-14-8-13-6-5-12(11-31(3)41(4,39)40)7-16(13)22(32)18(14)23(33)19(15)25(35)28(17,38)26(36)20(24(21)34)27(29)37/h5-8,15,17,21,32-33,36,38H,9-11H2,1-4H3,(H2,29,37)/t15-,17-,21-,28-/m0/s1. The minimum atomic E-state index is -3.46. The van der Waals surface area contributed by atoms with Crippen molar-refractivity contribution in [3.8, 4) is 5.75 Å². The van der Waals surface area contributed by atoms with Gasteiger partial charge in [-0.3, -0.25) is 19.3 Å². The highest BCUT2D eigenvalue weighted by atomic mass is 32.2. The number of rotatable bonds is 5. The second-order valence-electron chi connectivity index (χ2n) is 11.3. The largest absolute Gasteiger partial charge is 0.508 e. The molecule has 0 radical (unpaired) electrons. The van der Waals surface area contributed by atoms with Gasteiger partial charge in [-0.25, -0.2) is 12.7 Å². The van der Waals surface area contributed by atoms with Crippen molar-refractivity contribution in [2.45, 2.75) is 31.0 Å². The second-order valence-corrected chi connectivity index (χ2v) is 13.4. The average molecular weight is 586 g/mol. The van der Waals surface area contributed by atoms with Crippen molar-refractivity contribution < 1.29 is 43.2 Å². The van der Waals surface area contributed by atoms with Crippen molar-refractivity contribution in [1.82, 2.24) is 9.21 Å². The van der Waals surface area contributed by atoms with Crippen LogP contribution < -0.4 is 5.73 Å². The second kappa shape index (κ2) is 9.38. The van der Waals surface area contributed by atoms with Crippen LogP contribution in [0.15, 0.2) is 41.2 Å². The Bertz CT molecular complexity index is 1730. The number of phenolic OH excluding ortho intramolecular Hbond substituents is 1. The number of sulfonamides is 1. The maximum Gasteiger partial charge on any atom is 0.255 e. The zero-order valence-corrected chi connectivity index (χ0v) is 23.7. The van der Waals surface area contributed by atoms with E-state index in [-0.39, 0.29) is 36.3 Å². The van der Waals surface area contributed by atoms with E-state index in [4.69, 9.17) is 5.73 Å². The predicted molar refractivity (Wildman–Crippen MR) is 148 cm³/mol. The molecule has 0 spiro atoms. The summed E-state index contributed by atoms with van der Waals surface area (Å²) >= 11 is 0. The number of nitrogens with zero attached hydrogens (tertiary/aromatic N) is 2. The first kappa shape index (κ1) is 28.7. The Morgan fingerprint density at radius 2 is 1.78 bits per heavy atom. The number of carbonyl (C=O) groups excluding carboxylic acids is 3. The number of Topliss-reactive ketones (excluding diaryl/α,β-unsaturated/α-hetero) is 2. The summed E-state index contributed by atoms with van der Waals surface area (Å²) in [5.74, 6) is -7.07. The van der Waals surface area contributed by atoms with E-state index in [1.54, 1.807) is 38.4 Å². The summed E-state index contributed by atoms with van der Waals surface area (Å²) in [6, 6.07) is 5.64. The van der Waals surface area contributed by atoms with E-state index in [2.05, 4.69) is 0 Å². The number of hydrogen-bond acceptors (Lipinski definition) is 10. The molecule has 3 aliphatic carbocycles. The number of amides is 1. The molecule has 1 amide bonds. The average Bonchev–Trinajstić information content (AvgIpc) is 2.85. The molecule has 218 valence electrons. The molecule has 13 heteroatoms. The maximum absolute atomic E-state index is 13.9. The fourth-order valence-electron chi connectivity index (χ4n) is 6.53. The van der Waals surface area contributed by atoms with E-state index in [0.717, 1.165) is 10.6 Å². The first-order valence-electron chi connectivity index (χ1n) is 12.8. The third kappa shape index (κ3) is 4.14. The number of nitrogens with two attached hydrogens (primary N) is 1. The van der Waals surface area contributed by atoms with Gasteiger partial charge in [0.05, 0.1) is 17.9 Å². The number of aliphatic hydroxyl groups is 3. The Hall–Kier alpha value is -3.78. The van der Waals surface area contributed by atoms with Crippen molar-refractivity contribution >= 4 is 44.0 Å². The van der Waals surface area contributed by atoms with Gasteiger partial charge in [-0.1, -0.05) is 18.2 Å². The first-order chi connectivity index (χ1) is 19.0. The zero-order chi connectivity index (χ0) is 30.3. The fraction of sp³-hybridized carbons (Fsp3) is 0.393. The Morgan fingerprint density at radius 3 is 2.37 bits per heavy atom. The van der Waals surface area contributed by atoms with Crippen LogP contribution in [0, 0.1) is 11.8 Å². The molecule has 5 rings (SSSR count). The Labute approximate surface area is 236 Å². The van der Waals surface area contributed by atoms with E-state index in [1.165, 1.54) is 11.9 Å². The molecule has 3 aliphatic rings. The number of aliphatic hydroxyl groups excluding tert-OH is 2. The summed E-state index contributed by atoms with van der Waals surface area (Å²) in [7, 11) is 1.04. The van der Waals surface area contributed by atoms with Crippen LogP contribution in [0.25, 0.3) is 16.5 Å². The van der Waals surface area contributed by atoms with Crippen LogP contribution in [0.1, 0.15) is 23.1 Å². The summed E-state index contributed by atoms with van der Waals surface area (Å²) in [5.41, 5.74) is 2.61. The molecule has 2 aromatic carbocycles. The lowest BCUT2D eigenvalue weighted by atomic mass is 9.57. The lowest BCUT2D eigenvalue weighted by molar-refractivity contribution is -0.153. The Kier molecular flexibility index (Phi) is 6.57. The molecule has 2 aromatic rings. The molecule has 12 nitrogen and oxygen atoms in total. The lowest BCUT2D eigenvalue weighted by Crippen LogP contribution is -2.65.